The van der Waals surface area contributed by atoms with E-state index in [1.165, 1.54) is 0 Å². The summed E-state index contributed by atoms with van der Waals surface area (Å²) >= 11 is 0. The van der Waals surface area contributed by atoms with Crippen molar-refractivity contribution in [2.24, 2.45) is 22.7 Å². The quantitative estimate of drug-likeness (QED) is 0.580. The molecule has 2 fully saturated rings. The summed E-state index contributed by atoms with van der Waals surface area (Å²) in [6.07, 6.45) is 3.56. The van der Waals surface area contributed by atoms with Gasteiger partial charge in [-0.05, 0) is 68.3 Å². The summed E-state index contributed by atoms with van der Waals surface area (Å²) < 4.78 is 0. The number of aliphatic hydroxyl groups is 4. The Balaban J connectivity index is 2.26. The first-order valence-corrected chi connectivity index (χ1v) is 9.37. The maximum atomic E-state index is 11.1. The lowest BCUT2D eigenvalue weighted by atomic mass is 9.43. The monoisotopic (exact) mass is 340 g/mol. The fraction of sp³-hybridized carbons (Fsp3) is 0.900. The molecule has 0 radical (unpaired) electrons. The Hall–Kier alpha value is -0.420. The Kier molecular flexibility index (Phi) is 5.57. The molecule has 0 heterocycles. The van der Waals surface area contributed by atoms with Gasteiger partial charge in [0.05, 0.1) is 24.4 Å². The second-order valence-electron chi connectivity index (χ2n) is 9.01. The molecule has 24 heavy (non-hydrogen) atoms. The molecule has 2 aliphatic rings. The molecule has 4 nitrogen and oxygen atoms in total. The Morgan fingerprint density at radius 3 is 2.42 bits per heavy atom. The third-order valence-corrected chi connectivity index (χ3v) is 7.95. The van der Waals surface area contributed by atoms with Crippen LogP contribution in [-0.2, 0) is 0 Å². The minimum Gasteiger partial charge on any atom is -0.393 e. The average Bonchev–Trinajstić information content (AvgIpc) is 2.53. The first-order chi connectivity index (χ1) is 11.0. The number of hydrogen-bond donors (Lipinski definition) is 4. The van der Waals surface area contributed by atoms with Gasteiger partial charge in [-0.1, -0.05) is 27.4 Å². The van der Waals surface area contributed by atoms with E-state index < -0.39 is 17.8 Å². The van der Waals surface area contributed by atoms with E-state index in [0.717, 1.165) is 25.7 Å². The van der Waals surface area contributed by atoms with Gasteiger partial charge in [-0.2, -0.15) is 0 Å². The van der Waals surface area contributed by atoms with Crippen LogP contribution < -0.4 is 0 Å². The minimum absolute atomic E-state index is 0.0231. The highest BCUT2D eigenvalue weighted by Crippen LogP contribution is 2.64. The van der Waals surface area contributed by atoms with Crippen molar-refractivity contribution >= 4 is 0 Å². The smallest absolute Gasteiger partial charge is 0.0978 e. The molecule has 140 valence electrons. The van der Waals surface area contributed by atoms with Gasteiger partial charge in [-0.25, -0.2) is 0 Å². The van der Waals surface area contributed by atoms with E-state index in [0.29, 0.717) is 30.3 Å². The van der Waals surface area contributed by atoms with Gasteiger partial charge < -0.3 is 20.4 Å². The molecule has 0 aromatic heterocycles. The molecule has 0 aliphatic heterocycles. The molecule has 7 unspecified atom stereocenters. The molecule has 4 heteroatoms. The van der Waals surface area contributed by atoms with Crippen LogP contribution in [0.15, 0.2) is 12.2 Å². The van der Waals surface area contributed by atoms with Gasteiger partial charge in [0, 0.05) is 5.41 Å². The van der Waals surface area contributed by atoms with Crippen LogP contribution in [-0.4, -0.2) is 44.8 Å². The first-order valence-electron chi connectivity index (χ1n) is 9.37. The summed E-state index contributed by atoms with van der Waals surface area (Å²) in [6, 6.07) is 0. The lowest BCUT2D eigenvalue weighted by Crippen LogP contribution is -2.65. The summed E-state index contributed by atoms with van der Waals surface area (Å²) in [5.41, 5.74) is -0.669. The molecule has 0 saturated heterocycles. The van der Waals surface area contributed by atoms with E-state index in [-0.39, 0.29) is 17.4 Å². The third-order valence-electron chi connectivity index (χ3n) is 7.95. The number of rotatable bonds is 5. The van der Waals surface area contributed by atoms with E-state index in [1.807, 2.05) is 0 Å². The fourth-order valence-corrected chi connectivity index (χ4v) is 5.48. The summed E-state index contributed by atoms with van der Waals surface area (Å²) in [5, 5.41) is 40.4. The van der Waals surface area contributed by atoms with E-state index in [2.05, 4.69) is 27.4 Å². The van der Waals surface area contributed by atoms with E-state index >= 15 is 0 Å². The Bertz CT molecular complexity index is 474. The number of hydrogen-bond acceptors (Lipinski definition) is 4. The predicted molar refractivity (Wildman–Crippen MR) is 95.4 cm³/mol. The summed E-state index contributed by atoms with van der Waals surface area (Å²) in [6.45, 7) is 12.2. The summed E-state index contributed by atoms with van der Waals surface area (Å²) in [5.74, 6) is 0.840. The Morgan fingerprint density at radius 1 is 1.21 bits per heavy atom. The fourth-order valence-electron chi connectivity index (χ4n) is 5.48. The van der Waals surface area contributed by atoms with Crippen LogP contribution in [0.25, 0.3) is 0 Å². The predicted octanol–water partition coefficient (Wildman–Crippen LogP) is 2.64. The van der Waals surface area contributed by atoms with Crippen molar-refractivity contribution in [1.82, 2.24) is 0 Å². The zero-order chi connectivity index (χ0) is 18.3. The lowest BCUT2D eigenvalue weighted by Gasteiger charge is -2.64. The zero-order valence-corrected chi connectivity index (χ0v) is 15.8. The molecule has 0 aromatic carbocycles. The van der Waals surface area contributed by atoms with Gasteiger partial charge in [-0.3, -0.25) is 0 Å². The van der Waals surface area contributed by atoms with Crippen LogP contribution >= 0.6 is 0 Å². The van der Waals surface area contributed by atoms with Gasteiger partial charge in [0.1, 0.15) is 0 Å². The highest BCUT2D eigenvalue weighted by molar-refractivity contribution is 5.13. The first kappa shape index (κ1) is 19.9. The normalized spacial score (nSPS) is 47.1. The SMILES string of the molecule is C=C(CCC1(C)C(C)CCC2(C)C1CCC(O)C2(C)O)C(O)CO. The number of fused-ring (bicyclic) bond motifs is 1. The van der Waals surface area contributed by atoms with E-state index in [9.17, 15) is 15.3 Å². The van der Waals surface area contributed by atoms with Crippen molar-refractivity contribution in [3.05, 3.63) is 12.2 Å². The molecule has 0 aromatic rings. The van der Waals surface area contributed by atoms with Crippen molar-refractivity contribution in [2.75, 3.05) is 6.61 Å². The Labute approximate surface area is 146 Å². The summed E-state index contributed by atoms with van der Waals surface area (Å²) in [7, 11) is 0. The largest absolute Gasteiger partial charge is 0.393 e. The molecule has 4 N–H and O–H groups in total. The van der Waals surface area contributed by atoms with Crippen molar-refractivity contribution in [3.63, 3.8) is 0 Å². The molecular formula is C20H36O4. The topological polar surface area (TPSA) is 80.9 Å². The molecule has 2 saturated carbocycles. The summed E-state index contributed by atoms with van der Waals surface area (Å²) in [4.78, 5) is 0. The van der Waals surface area contributed by atoms with E-state index in [4.69, 9.17) is 5.11 Å². The van der Waals surface area contributed by atoms with Gasteiger partial charge in [-0.15, -0.1) is 0 Å². The molecule has 0 bridgehead atoms. The molecule has 2 aliphatic carbocycles. The Morgan fingerprint density at radius 2 is 1.83 bits per heavy atom. The molecular weight excluding hydrogens is 304 g/mol. The highest BCUT2D eigenvalue weighted by atomic mass is 16.3. The van der Waals surface area contributed by atoms with Crippen molar-refractivity contribution < 1.29 is 20.4 Å². The van der Waals surface area contributed by atoms with Crippen molar-refractivity contribution in [3.8, 4) is 0 Å². The standard InChI is InChI=1S/C20H36O4/c1-13(15(22)12-21)8-10-18(3)14(2)9-11-19(4)16(18)6-7-17(23)20(19,5)24/h14-17,21-24H,1,6-12H2,2-5H3. The minimum atomic E-state index is -1.07. The number of aliphatic hydroxyl groups excluding tert-OH is 3. The maximum absolute atomic E-state index is 11.1. The maximum Gasteiger partial charge on any atom is 0.0978 e. The second kappa shape index (κ2) is 6.71. The van der Waals surface area contributed by atoms with Crippen LogP contribution in [0.4, 0.5) is 0 Å². The van der Waals surface area contributed by atoms with Crippen LogP contribution in [0.1, 0.15) is 66.2 Å². The lowest BCUT2D eigenvalue weighted by molar-refractivity contribution is -0.235. The molecule has 0 spiro atoms. The van der Waals surface area contributed by atoms with Gasteiger partial charge in [0.25, 0.3) is 0 Å². The van der Waals surface area contributed by atoms with Gasteiger partial charge >= 0.3 is 0 Å². The molecule has 2 rings (SSSR count). The van der Waals surface area contributed by atoms with Crippen molar-refractivity contribution in [1.29, 1.82) is 0 Å². The molecule has 0 amide bonds. The van der Waals surface area contributed by atoms with Crippen molar-refractivity contribution in [2.45, 2.75) is 84.0 Å². The highest BCUT2D eigenvalue weighted by Gasteiger charge is 2.62. The molecule has 7 atom stereocenters. The second-order valence-corrected chi connectivity index (χ2v) is 9.01. The van der Waals surface area contributed by atoms with Crippen LogP contribution in [0, 0.1) is 22.7 Å². The third kappa shape index (κ3) is 2.96. The zero-order valence-electron chi connectivity index (χ0n) is 15.8. The van der Waals surface area contributed by atoms with Crippen LogP contribution in [0.5, 0.6) is 0 Å². The van der Waals surface area contributed by atoms with Gasteiger partial charge in [0.15, 0.2) is 0 Å². The van der Waals surface area contributed by atoms with Gasteiger partial charge in [0.2, 0.25) is 0 Å². The van der Waals surface area contributed by atoms with E-state index in [1.54, 1.807) is 6.92 Å². The van der Waals surface area contributed by atoms with Crippen LogP contribution in [0.3, 0.4) is 0 Å². The average molecular weight is 341 g/mol. The van der Waals surface area contributed by atoms with Crippen LogP contribution in [0.2, 0.25) is 0 Å².